The van der Waals surface area contributed by atoms with Gasteiger partial charge in [-0.05, 0) is 56.7 Å². The Morgan fingerprint density at radius 2 is 2.12 bits per heavy atom. The fourth-order valence-electron chi connectivity index (χ4n) is 4.47. The van der Waals surface area contributed by atoms with Crippen molar-refractivity contribution in [2.75, 3.05) is 24.6 Å². The van der Waals surface area contributed by atoms with Gasteiger partial charge in [-0.3, -0.25) is 4.79 Å². The number of alkyl halides is 1. The lowest BCUT2D eigenvalue weighted by Crippen LogP contribution is -2.66. The monoisotopic (exact) mass is 361 g/mol. The summed E-state index contributed by atoms with van der Waals surface area (Å²) in [6, 6.07) is 4.34. The third kappa shape index (κ3) is 3.29. The van der Waals surface area contributed by atoms with Gasteiger partial charge >= 0.3 is 0 Å². The zero-order valence-corrected chi connectivity index (χ0v) is 16.0. The second kappa shape index (κ2) is 6.89. The number of carbonyl (C=O) groups excluding carboxylic acids is 1. The summed E-state index contributed by atoms with van der Waals surface area (Å²) in [5, 5.41) is 4.31. The van der Waals surface area contributed by atoms with Crippen molar-refractivity contribution in [3.8, 4) is 0 Å². The summed E-state index contributed by atoms with van der Waals surface area (Å²) >= 11 is 0. The third-order valence-electron chi connectivity index (χ3n) is 5.87. The molecule has 2 fully saturated rings. The highest BCUT2D eigenvalue weighted by molar-refractivity contribution is 5.64. The zero-order valence-electron chi connectivity index (χ0n) is 16.0. The molecule has 0 aromatic carbocycles. The Labute approximate surface area is 154 Å². The predicted molar refractivity (Wildman–Crippen MR) is 100 cm³/mol. The highest BCUT2D eigenvalue weighted by Gasteiger charge is 2.59. The van der Waals surface area contributed by atoms with Gasteiger partial charge in [-0.2, -0.15) is 5.10 Å². The Kier molecular flexibility index (Phi) is 4.95. The summed E-state index contributed by atoms with van der Waals surface area (Å²) in [7, 11) is 0. The minimum Gasteiger partial charge on any atom is -0.468 e. The summed E-state index contributed by atoms with van der Waals surface area (Å²) in [5.41, 5.74) is 3.92. The van der Waals surface area contributed by atoms with Crippen molar-refractivity contribution in [2.24, 2.45) is 10.8 Å². The molecule has 26 heavy (non-hydrogen) atoms. The molecular formula is C20H28FN3O2. The van der Waals surface area contributed by atoms with E-state index < -0.39 is 6.17 Å². The van der Waals surface area contributed by atoms with Gasteiger partial charge in [-0.15, -0.1) is 0 Å². The van der Waals surface area contributed by atoms with Gasteiger partial charge in [0.15, 0.2) is 0 Å². The summed E-state index contributed by atoms with van der Waals surface area (Å²) in [4.78, 5) is 11.6. The molecule has 1 atom stereocenters. The van der Waals surface area contributed by atoms with E-state index in [9.17, 15) is 9.18 Å². The molecule has 1 unspecified atom stereocenters. The average Bonchev–Trinajstić information content (AvgIpc) is 2.91. The number of anilines is 1. The minimum absolute atomic E-state index is 0.0852. The number of nitrogens with zero attached hydrogens (tertiary/aromatic N) is 3. The normalized spacial score (nSPS) is 20.6. The summed E-state index contributed by atoms with van der Waals surface area (Å²) < 4.78 is 19.7. The third-order valence-corrected chi connectivity index (χ3v) is 5.87. The Morgan fingerprint density at radius 3 is 2.65 bits per heavy atom. The Morgan fingerprint density at radius 1 is 1.42 bits per heavy atom. The maximum atomic E-state index is 13.6. The van der Waals surface area contributed by atoms with Crippen LogP contribution in [-0.4, -0.2) is 42.0 Å². The van der Waals surface area contributed by atoms with Gasteiger partial charge in [0.1, 0.15) is 6.17 Å². The van der Waals surface area contributed by atoms with Crippen molar-refractivity contribution in [3.05, 3.63) is 30.1 Å². The molecule has 6 heteroatoms. The lowest BCUT2D eigenvalue weighted by Gasteiger charge is -2.64. The van der Waals surface area contributed by atoms with Gasteiger partial charge in [0.05, 0.1) is 18.3 Å². The second-order valence-corrected chi connectivity index (χ2v) is 8.07. The molecular weight excluding hydrogens is 333 g/mol. The SMILES string of the molecule is CCOC=O.Cc1cnn2ccc(N3CC4(C3)CC(C)(C(C)F)C4)cc12. The summed E-state index contributed by atoms with van der Waals surface area (Å²) in [6.07, 6.45) is 5.29. The fraction of sp³-hybridized carbons (Fsp3) is 0.600. The van der Waals surface area contributed by atoms with Crippen LogP contribution >= 0.6 is 0 Å². The number of halogens is 1. The number of hydrogen-bond donors (Lipinski definition) is 0. The number of aryl methyl sites for hydroxylation is 1. The van der Waals surface area contributed by atoms with Gasteiger partial charge in [0.25, 0.3) is 6.47 Å². The lowest BCUT2D eigenvalue weighted by molar-refractivity contribution is -0.128. The number of carbonyl (C=O) groups is 1. The molecule has 2 aromatic heterocycles. The molecule has 2 aromatic rings. The molecule has 142 valence electrons. The molecule has 0 amide bonds. The molecule has 1 spiro atoms. The van der Waals surface area contributed by atoms with E-state index in [-0.39, 0.29) is 5.41 Å². The number of hydrogen-bond acceptors (Lipinski definition) is 4. The van der Waals surface area contributed by atoms with Crippen molar-refractivity contribution in [1.82, 2.24) is 9.61 Å². The molecule has 1 saturated heterocycles. The first-order valence-corrected chi connectivity index (χ1v) is 9.21. The zero-order chi connectivity index (χ0) is 18.9. The van der Waals surface area contributed by atoms with E-state index in [2.05, 4.69) is 40.7 Å². The van der Waals surface area contributed by atoms with Crippen LogP contribution in [0.25, 0.3) is 5.52 Å². The lowest BCUT2D eigenvalue weighted by atomic mass is 9.49. The second-order valence-electron chi connectivity index (χ2n) is 8.07. The summed E-state index contributed by atoms with van der Waals surface area (Å²) in [6.45, 7) is 10.7. The molecule has 3 heterocycles. The highest BCUT2D eigenvalue weighted by atomic mass is 19.1. The van der Waals surface area contributed by atoms with Crippen LogP contribution < -0.4 is 4.90 Å². The van der Waals surface area contributed by atoms with E-state index >= 15 is 0 Å². The number of aromatic nitrogens is 2. The predicted octanol–water partition coefficient (Wildman–Crippen LogP) is 3.79. The Balaban J connectivity index is 0.000000349. The molecule has 1 saturated carbocycles. The van der Waals surface area contributed by atoms with Crippen molar-refractivity contribution in [3.63, 3.8) is 0 Å². The molecule has 0 radical (unpaired) electrons. The van der Waals surface area contributed by atoms with E-state index in [0.717, 1.165) is 25.9 Å². The molecule has 1 aliphatic carbocycles. The van der Waals surface area contributed by atoms with Crippen LogP contribution in [0, 0.1) is 17.8 Å². The number of fused-ring (bicyclic) bond motifs is 1. The average molecular weight is 361 g/mol. The maximum Gasteiger partial charge on any atom is 0.293 e. The van der Waals surface area contributed by atoms with E-state index in [0.29, 0.717) is 18.5 Å². The van der Waals surface area contributed by atoms with Crippen molar-refractivity contribution in [2.45, 2.75) is 46.7 Å². The van der Waals surface area contributed by atoms with E-state index in [1.807, 2.05) is 16.9 Å². The van der Waals surface area contributed by atoms with E-state index in [1.165, 1.54) is 16.8 Å². The standard InChI is InChI=1S/C17H22FN3.C3H6O2/c1-12-7-19-21-5-4-14(6-15(12)21)20-10-17(11-20)8-16(3,9-17)13(2)18;1-2-5-3-4/h4-7,13H,8-11H2,1-3H3;3H,2H2,1H3. The fourth-order valence-corrected chi connectivity index (χ4v) is 4.47. The first kappa shape index (κ1) is 18.7. The van der Waals surface area contributed by atoms with Crippen molar-refractivity contribution >= 4 is 17.7 Å². The summed E-state index contributed by atoms with van der Waals surface area (Å²) in [5.74, 6) is 0. The van der Waals surface area contributed by atoms with E-state index in [1.54, 1.807) is 13.8 Å². The number of rotatable bonds is 4. The van der Waals surface area contributed by atoms with Gasteiger partial charge in [0.2, 0.25) is 0 Å². The van der Waals surface area contributed by atoms with Crippen LogP contribution in [0.1, 0.15) is 39.2 Å². The topological polar surface area (TPSA) is 46.8 Å². The number of pyridine rings is 1. The highest BCUT2D eigenvalue weighted by Crippen LogP contribution is 2.61. The molecule has 5 nitrogen and oxygen atoms in total. The van der Waals surface area contributed by atoms with Crippen molar-refractivity contribution < 1.29 is 13.9 Å². The minimum atomic E-state index is -0.692. The Hall–Kier alpha value is -2.11. The van der Waals surface area contributed by atoms with Crippen molar-refractivity contribution in [1.29, 1.82) is 0 Å². The molecule has 0 bridgehead atoms. The maximum absolute atomic E-state index is 13.6. The smallest absolute Gasteiger partial charge is 0.293 e. The van der Waals surface area contributed by atoms with Crippen LogP contribution in [0.3, 0.4) is 0 Å². The van der Waals surface area contributed by atoms with E-state index in [4.69, 9.17) is 0 Å². The van der Waals surface area contributed by atoms with Crippen LogP contribution in [0.4, 0.5) is 10.1 Å². The van der Waals surface area contributed by atoms with Crippen LogP contribution in [-0.2, 0) is 9.53 Å². The first-order valence-electron chi connectivity index (χ1n) is 9.21. The Bertz CT molecular complexity index is 772. The van der Waals surface area contributed by atoms with Gasteiger partial charge < -0.3 is 9.64 Å². The van der Waals surface area contributed by atoms with Crippen LogP contribution in [0.2, 0.25) is 0 Å². The van der Waals surface area contributed by atoms with Crippen LogP contribution in [0.5, 0.6) is 0 Å². The molecule has 2 aliphatic rings. The quantitative estimate of drug-likeness (QED) is 0.778. The van der Waals surface area contributed by atoms with Gasteiger partial charge in [0, 0.05) is 30.4 Å². The molecule has 0 N–H and O–H groups in total. The molecule has 1 aliphatic heterocycles. The van der Waals surface area contributed by atoms with Gasteiger partial charge in [-0.25, -0.2) is 8.91 Å². The van der Waals surface area contributed by atoms with Gasteiger partial charge in [-0.1, -0.05) is 6.92 Å². The molecule has 4 rings (SSSR count). The first-order chi connectivity index (χ1) is 12.3. The van der Waals surface area contributed by atoms with Crippen LogP contribution in [0.15, 0.2) is 24.5 Å². The largest absolute Gasteiger partial charge is 0.468 e. The number of ether oxygens (including phenoxy) is 1.